The van der Waals surface area contributed by atoms with Crippen molar-refractivity contribution in [1.82, 2.24) is 4.90 Å². The number of rotatable bonds is 1. The lowest BCUT2D eigenvalue weighted by molar-refractivity contribution is 0.0756. The number of carbonyl (C=O) groups excluding carboxylic acids is 1. The molecule has 0 unspecified atom stereocenters. The summed E-state index contributed by atoms with van der Waals surface area (Å²) in [5.41, 5.74) is -0.216. The Labute approximate surface area is 116 Å². The molecule has 1 N–H and O–H groups in total. The highest BCUT2D eigenvalue weighted by molar-refractivity contribution is 8.00. The van der Waals surface area contributed by atoms with Gasteiger partial charge >= 0.3 is 0 Å². The molecule has 104 valence electrons. The lowest BCUT2D eigenvalue weighted by Gasteiger charge is -2.23. The van der Waals surface area contributed by atoms with E-state index in [0.717, 1.165) is 12.2 Å². The summed E-state index contributed by atoms with van der Waals surface area (Å²) >= 11 is 1.82. The van der Waals surface area contributed by atoms with E-state index in [1.165, 1.54) is 18.2 Å². The monoisotopic (exact) mass is 283 g/mol. The van der Waals surface area contributed by atoms with Crippen LogP contribution in [0.2, 0.25) is 0 Å². The van der Waals surface area contributed by atoms with Gasteiger partial charge in [0.15, 0.2) is 0 Å². The lowest BCUT2D eigenvalue weighted by Crippen LogP contribution is -2.34. The zero-order valence-corrected chi connectivity index (χ0v) is 12.0. The van der Waals surface area contributed by atoms with E-state index in [1.54, 1.807) is 4.90 Å². The third kappa shape index (κ3) is 3.21. The normalized spacial score (nSPS) is 19.0. The van der Waals surface area contributed by atoms with Crippen molar-refractivity contribution in [1.29, 1.82) is 0 Å². The highest BCUT2D eigenvalue weighted by atomic mass is 32.2. The van der Waals surface area contributed by atoms with Crippen LogP contribution < -0.4 is 0 Å². The summed E-state index contributed by atoms with van der Waals surface area (Å²) in [5, 5.41) is 9.67. The molecule has 0 bridgehead atoms. The standard InChI is InChI=1S/C14H18FNO2S/c1-14(2)6-7-16(8-9-19-14)13(18)12-10(15)4-3-5-11(12)17/h3-5,17H,6-9H2,1-2H3. The lowest BCUT2D eigenvalue weighted by atomic mass is 10.1. The fourth-order valence-electron chi connectivity index (χ4n) is 2.11. The molecule has 1 saturated heterocycles. The van der Waals surface area contributed by atoms with Crippen LogP contribution in [0.15, 0.2) is 18.2 Å². The molecule has 1 aliphatic heterocycles. The SMILES string of the molecule is CC1(C)CCN(C(=O)c2c(O)cccc2F)CCS1. The topological polar surface area (TPSA) is 40.5 Å². The number of phenols is 1. The molecule has 2 rings (SSSR count). The van der Waals surface area contributed by atoms with Crippen molar-refractivity contribution >= 4 is 17.7 Å². The number of nitrogens with zero attached hydrogens (tertiary/aromatic N) is 1. The molecule has 0 aromatic heterocycles. The molecular weight excluding hydrogens is 265 g/mol. The molecule has 3 nitrogen and oxygen atoms in total. The summed E-state index contributed by atoms with van der Waals surface area (Å²) < 4.78 is 13.8. The number of phenolic OH excluding ortho intramolecular Hbond substituents is 1. The van der Waals surface area contributed by atoms with Crippen LogP contribution >= 0.6 is 11.8 Å². The summed E-state index contributed by atoms with van der Waals surface area (Å²) in [6.07, 6.45) is 0.860. The summed E-state index contributed by atoms with van der Waals surface area (Å²) in [7, 11) is 0. The Kier molecular flexibility index (Phi) is 4.04. The second-order valence-corrected chi connectivity index (χ2v) is 7.09. The van der Waals surface area contributed by atoms with Crippen molar-refractivity contribution in [2.75, 3.05) is 18.8 Å². The van der Waals surface area contributed by atoms with Crippen molar-refractivity contribution in [2.45, 2.75) is 25.0 Å². The van der Waals surface area contributed by atoms with E-state index in [4.69, 9.17) is 0 Å². The molecular formula is C14H18FNO2S. The zero-order valence-electron chi connectivity index (χ0n) is 11.1. The van der Waals surface area contributed by atoms with Gasteiger partial charge in [0.05, 0.1) is 0 Å². The van der Waals surface area contributed by atoms with Gasteiger partial charge in [0.25, 0.3) is 5.91 Å². The Bertz CT molecular complexity index is 470. The molecule has 0 spiro atoms. The number of halogens is 1. The van der Waals surface area contributed by atoms with Gasteiger partial charge in [-0.25, -0.2) is 4.39 Å². The van der Waals surface area contributed by atoms with Crippen LogP contribution in [-0.2, 0) is 0 Å². The van der Waals surface area contributed by atoms with E-state index >= 15 is 0 Å². The second-order valence-electron chi connectivity index (χ2n) is 5.28. The number of amides is 1. The van der Waals surface area contributed by atoms with Crippen LogP contribution in [0.25, 0.3) is 0 Å². The maximum absolute atomic E-state index is 13.7. The molecule has 0 aliphatic carbocycles. The van der Waals surface area contributed by atoms with Gasteiger partial charge in [-0.05, 0) is 18.6 Å². The largest absolute Gasteiger partial charge is 0.507 e. The van der Waals surface area contributed by atoms with E-state index in [2.05, 4.69) is 13.8 Å². The van der Waals surface area contributed by atoms with E-state index in [0.29, 0.717) is 13.1 Å². The smallest absolute Gasteiger partial charge is 0.260 e. The van der Waals surface area contributed by atoms with Gasteiger partial charge in [-0.3, -0.25) is 4.79 Å². The number of hydrogen-bond acceptors (Lipinski definition) is 3. The number of carbonyl (C=O) groups is 1. The molecule has 1 heterocycles. The minimum atomic E-state index is -0.666. The average Bonchev–Trinajstić information content (AvgIpc) is 2.50. The predicted octanol–water partition coefficient (Wildman–Crippen LogP) is 2.89. The molecule has 0 radical (unpaired) electrons. The minimum absolute atomic E-state index is 0.131. The maximum atomic E-state index is 13.7. The van der Waals surface area contributed by atoms with Crippen LogP contribution in [0.3, 0.4) is 0 Å². The van der Waals surface area contributed by atoms with E-state index in [9.17, 15) is 14.3 Å². The van der Waals surface area contributed by atoms with Gasteiger partial charge in [-0.1, -0.05) is 19.9 Å². The predicted molar refractivity (Wildman–Crippen MR) is 75.1 cm³/mol. The van der Waals surface area contributed by atoms with E-state index < -0.39 is 11.7 Å². The summed E-state index contributed by atoms with van der Waals surface area (Å²) in [5.74, 6) is -0.551. The summed E-state index contributed by atoms with van der Waals surface area (Å²) in [4.78, 5) is 13.9. The first-order valence-electron chi connectivity index (χ1n) is 6.31. The third-order valence-electron chi connectivity index (χ3n) is 3.33. The highest BCUT2D eigenvalue weighted by Crippen LogP contribution is 2.31. The highest BCUT2D eigenvalue weighted by Gasteiger charge is 2.28. The van der Waals surface area contributed by atoms with Crippen molar-refractivity contribution < 1.29 is 14.3 Å². The Morgan fingerprint density at radius 2 is 2.16 bits per heavy atom. The molecule has 1 aliphatic rings. The molecule has 1 aromatic rings. The first-order chi connectivity index (χ1) is 8.91. The fourth-order valence-corrected chi connectivity index (χ4v) is 3.21. The van der Waals surface area contributed by atoms with Crippen molar-refractivity contribution in [3.8, 4) is 5.75 Å². The van der Waals surface area contributed by atoms with Crippen molar-refractivity contribution in [2.24, 2.45) is 0 Å². The molecule has 1 amide bonds. The third-order valence-corrected chi connectivity index (χ3v) is 4.70. The fraction of sp³-hybridized carbons (Fsp3) is 0.500. The summed E-state index contributed by atoms with van der Waals surface area (Å²) in [6.45, 7) is 5.46. The van der Waals surface area contributed by atoms with Crippen LogP contribution in [0.5, 0.6) is 5.75 Å². The molecule has 1 fully saturated rings. The number of benzene rings is 1. The van der Waals surface area contributed by atoms with Crippen LogP contribution in [0.1, 0.15) is 30.6 Å². The van der Waals surface area contributed by atoms with Gasteiger partial charge in [-0.2, -0.15) is 11.8 Å². The number of aromatic hydroxyl groups is 1. The van der Waals surface area contributed by atoms with Gasteiger partial charge in [0.2, 0.25) is 0 Å². The van der Waals surface area contributed by atoms with Gasteiger partial charge in [-0.15, -0.1) is 0 Å². The molecule has 19 heavy (non-hydrogen) atoms. The minimum Gasteiger partial charge on any atom is -0.507 e. The molecule has 5 heteroatoms. The average molecular weight is 283 g/mol. The summed E-state index contributed by atoms with van der Waals surface area (Å²) in [6, 6.07) is 3.93. The Hall–Kier alpha value is -1.23. The van der Waals surface area contributed by atoms with Gasteiger partial charge in [0, 0.05) is 23.6 Å². The van der Waals surface area contributed by atoms with Gasteiger partial charge in [0.1, 0.15) is 17.1 Å². The van der Waals surface area contributed by atoms with E-state index in [1.807, 2.05) is 11.8 Å². The molecule has 1 aromatic carbocycles. The zero-order chi connectivity index (χ0) is 14.0. The van der Waals surface area contributed by atoms with Gasteiger partial charge < -0.3 is 10.0 Å². The van der Waals surface area contributed by atoms with Crippen molar-refractivity contribution in [3.63, 3.8) is 0 Å². The Balaban J connectivity index is 2.20. The van der Waals surface area contributed by atoms with Crippen LogP contribution in [0.4, 0.5) is 4.39 Å². The maximum Gasteiger partial charge on any atom is 0.260 e. The molecule has 0 saturated carbocycles. The second kappa shape index (κ2) is 5.41. The van der Waals surface area contributed by atoms with Crippen molar-refractivity contribution in [3.05, 3.63) is 29.6 Å². The van der Waals surface area contributed by atoms with E-state index in [-0.39, 0.29) is 16.1 Å². The van der Waals surface area contributed by atoms with Crippen LogP contribution in [0, 0.1) is 5.82 Å². The first kappa shape index (κ1) is 14.2. The quantitative estimate of drug-likeness (QED) is 0.861. The molecule has 0 atom stereocenters. The Morgan fingerprint density at radius 3 is 2.84 bits per heavy atom. The first-order valence-corrected chi connectivity index (χ1v) is 7.30. The number of thioether (sulfide) groups is 1. The van der Waals surface area contributed by atoms with Crippen LogP contribution in [-0.4, -0.2) is 39.5 Å². The Morgan fingerprint density at radius 1 is 1.42 bits per heavy atom. The number of hydrogen-bond donors (Lipinski definition) is 1.